The van der Waals surface area contributed by atoms with Crippen molar-refractivity contribution < 1.29 is 9.31 Å². The van der Waals surface area contributed by atoms with E-state index < -0.39 is 10.7 Å². The van der Waals surface area contributed by atoms with Gasteiger partial charge in [-0.15, -0.1) is 0 Å². The third-order valence-electron chi connectivity index (χ3n) is 2.34. The molecule has 0 aliphatic heterocycles. The first-order valence-electron chi connectivity index (χ1n) is 5.20. The van der Waals surface area contributed by atoms with E-state index in [4.69, 9.17) is 0 Å². The normalized spacial score (nSPS) is 10.2. The zero-order valence-corrected chi connectivity index (χ0v) is 11.1. The van der Waals surface area contributed by atoms with Gasteiger partial charge in [0.2, 0.25) is 0 Å². The predicted molar refractivity (Wildman–Crippen MR) is 70.1 cm³/mol. The predicted octanol–water partition coefficient (Wildman–Crippen LogP) is 2.90. The maximum Gasteiger partial charge on any atom is 0.295 e. The number of aromatic nitrogens is 2. The third-order valence-corrected chi connectivity index (χ3v) is 2.95. The number of hydrogen-bond donors (Lipinski definition) is 1. The molecular weight excluding hydrogens is 319 g/mol. The summed E-state index contributed by atoms with van der Waals surface area (Å²) >= 11 is 2.99. The number of anilines is 1. The van der Waals surface area contributed by atoms with Crippen LogP contribution in [0.15, 0.2) is 35.2 Å². The lowest BCUT2D eigenvalue weighted by molar-refractivity contribution is -0.384. The molecule has 19 heavy (non-hydrogen) atoms. The molecule has 0 radical (unpaired) electrons. The summed E-state index contributed by atoms with van der Waals surface area (Å²) in [4.78, 5) is 18.0. The van der Waals surface area contributed by atoms with Gasteiger partial charge in [0.05, 0.1) is 27.7 Å². The standard InChI is InChI=1S/C11H8BrFN4O2/c12-8-3-10(11(17(18)19)4-9(8)13)15-5-7-1-2-14-6-16-7/h1-4,6,15H,5H2. The fraction of sp³-hybridized carbons (Fsp3) is 0.0909. The first-order chi connectivity index (χ1) is 9.08. The van der Waals surface area contributed by atoms with Crippen molar-refractivity contribution in [3.05, 3.63) is 56.8 Å². The van der Waals surface area contributed by atoms with E-state index >= 15 is 0 Å². The van der Waals surface area contributed by atoms with Gasteiger partial charge in [-0.05, 0) is 28.1 Å². The molecule has 0 fully saturated rings. The third kappa shape index (κ3) is 3.22. The van der Waals surface area contributed by atoms with Crippen molar-refractivity contribution in [2.75, 3.05) is 5.32 Å². The number of benzene rings is 1. The molecule has 1 heterocycles. The second kappa shape index (κ2) is 5.70. The quantitative estimate of drug-likeness (QED) is 0.690. The Balaban J connectivity index is 2.24. The van der Waals surface area contributed by atoms with Crippen molar-refractivity contribution in [1.29, 1.82) is 0 Å². The molecule has 98 valence electrons. The summed E-state index contributed by atoms with van der Waals surface area (Å²) in [5.74, 6) is -0.681. The number of nitrogens with one attached hydrogen (secondary N) is 1. The molecule has 1 aromatic heterocycles. The smallest absolute Gasteiger partial charge is 0.295 e. The first kappa shape index (κ1) is 13.3. The fourth-order valence-electron chi connectivity index (χ4n) is 1.44. The van der Waals surface area contributed by atoms with E-state index in [2.05, 4.69) is 31.2 Å². The van der Waals surface area contributed by atoms with E-state index in [9.17, 15) is 14.5 Å². The van der Waals surface area contributed by atoms with Crippen molar-refractivity contribution in [3.8, 4) is 0 Å². The lowest BCUT2D eigenvalue weighted by Crippen LogP contribution is -2.04. The van der Waals surface area contributed by atoms with E-state index in [0.717, 1.165) is 6.07 Å². The van der Waals surface area contributed by atoms with Gasteiger partial charge >= 0.3 is 0 Å². The first-order valence-corrected chi connectivity index (χ1v) is 5.99. The highest BCUT2D eigenvalue weighted by Gasteiger charge is 2.17. The molecular formula is C11H8BrFN4O2. The second-order valence-electron chi connectivity index (χ2n) is 3.59. The molecule has 8 heteroatoms. The van der Waals surface area contributed by atoms with E-state index in [-0.39, 0.29) is 22.4 Å². The lowest BCUT2D eigenvalue weighted by Gasteiger charge is -2.07. The van der Waals surface area contributed by atoms with Crippen LogP contribution in [0.3, 0.4) is 0 Å². The zero-order valence-electron chi connectivity index (χ0n) is 9.51. The van der Waals surface area contributed by atoms with Gasteiger partial charge in [0.15, 0.2) is 0 Å². The van der Waals surface area contributed by atoms with Gasteiger partial charge in [-0.2, -0.15) is 0 Å². The van der Waals surface area contributed by atoms with Gasteiger partial charge in [-0.25, -0.2) is 14.4 Å². The van der Waals surface area contributed by atoms with Crippen molar-refractivity contribution in [1.82, 2.24) is 9.97 Å². The number of nitro groups is 1. The fourth-order valence-corrected chi connectivity index (χ4v) is 1.78. The average molecular weight is 327 g/mol. The Kier molecular flexibility index (Phi) is 4.00. The Hall–Kier alpha value is -2.09. The van der Waals surface area contributed by atoms with Crippen LogP contribution in [-0.2, 0) is 6.54 Å². The molecule has 1 aromatic carbocycles. The van der Waals surface area contributed by atoms with Crippen LogP contribution in [0.5, 0.6) is 0 Å². The number of halogens is 2. The minimum Gasteiger partial charge on any atom is -0.374 e. The summed E-state index contributed by atoms with van der Waals surface area (Å²) in [5, 5.41) is 13.7. The second-order valence-corrected chi connectivity index (χ2v) is 4.45. The van der Waals surface area contributed by atoms with Crippen molar-refractivity contribution in [2.24, 2.45) is 0 Å². The van der Waals surface area contributed by atoms with Crippen LogP contribution in [0.25, 0.3) is 0 Å². The van der Waals surface area contributed by atoms with E-state index in [1.54, 1.807) is 12.3 Å². The van der Waals surface area contributed by atoms with E-state index in [1.807, 2.05) is 0 Å². The summed E-state index contributed by atoms with van der Waals surface area (Å²) < 4.78 is 13.4. The Bertz CT molecular complexity index is 609. The van der Waals surface area contributed by atoms with Gasteiger partial charge < -0.3 is 5.32 Å². The Labute approximate surface area is 116 Å². The van der Waals surface area contributed by atoms with Crippen LogP contribution in [0.1, 0.15) is 5.69 Å². The molecule has 2 rings (SSSR count). The van der Waals surface area contributed by atoms with Crippen LogP contribution in [0.4, 0.5) is 15.8 Å². The lowest BCUT2D eigenvalue weighted by atomic mass is 10.2. The summed E-state index contributed by atoms with van der Waals surface area (Å²) in [6, 6.07) is 3.87. The number of nitro benzene ring substituents is 1. The van der Waals surface area contributed by atoms with Gasteiger partial charge in [-0.3, -0.25) is 10.1 Å². The molecule has 0 bridgehead atoms. The minimum absolute atomic E-state index is 0.156. The molecule has 0 unspecified atom stereocenters. The van der Waals surface area contributed by atoms with Crippen LogP contribution >= 0.6 is 15.9 Å². The minimum atomic E-state index is -0.681. The number of nitrogens with zero attached hydrogens (tertiary/aromatic N) is 3. The average Bonchev–Trinajstić information content (AvgIpc) is 2.40. The Morgan fingerprint density at radius 3 is 2.89 bits per heavy atom. The summed E-state index contributed by atoms with van der Waals surface area (Å²) in [5.41, 5.74) is 0.566. The number of rotatable bonds is 4. The molecule has 0 atom stereocenters. The monoisotopic (exact) mass is 326 g/mol. The molecule has 1 N–H and O–H groups in total. The van der Waals surface area contributed by atoms with E-state index in [1.165, 1.54) is 12.4 Å². The Morgan fingerprint density at radius 1 is 1.47 bits per heavy atom. The topological polar surface area (TPSA) is 81.0 Å². The van der Waals surface area contributed by atoms with Crippen LogP contribution in [-0.4, -0.2) is 14.9 Å². The molecule has 0 saturated heterocycles. The van der Waals surface area contributed by atoms with Crippen LogP contribution < -0.4 is 5.32 Å². The largest absolute Gasteiger partial charge is 0.374 e. The Morgan fingerprint density at radius 2 is 2.26 bits per heavy atom. The summed E-state index contributed by atoms with van der Waals surface area (Å²) in [7, 11) is 0. The van der Waals surface area contributed by atoms with Gasteiger partial charge in [0.25, 0.3) is 5.69 Å². The molecule has 6 nitrogen and oxygen atoms in total. The molecule has 2 aromatic rings. The summed E-state index contributed by atoms with van der Waals surface area (Å²) in [6.45, 7) is 0.279. The molecule has 0 amide bonds. The maximum atomic E-state index is 13.3. The van der Waals surface area contributed by atoms with Gasteiger partial charge in [0, 0.05) is 6.20 Å². The highest BCUT2D eigenvalue weighted by atomic mass is 79.9. The zero-order chi connectivity index (χ0) is 13.8. The van der Waals surface area contributed by atoms with Crippen molar-refractivity contribution >= 4 is 27.3 Å². The number of hydrogen-bond acceptors (Lipinski definition) is 5. The highest BCUT2D eigenvalue weighted by molar-refractivity contribution is 9.10. The van der Waals surface area contributed by atoms with Crippen molar-refractivity contribution in [2.45, 2.75) is 6.54 Å². The molecule has 0 aliphatic rings. The highest BCUT2D eigenvalue weighted by Crippen LogP contribution is 2.30. The van der Waals surface area contributed by atoms with Crippen LogP contribution in [0, 0.1) is 15.9 Å². The van der Waals surface area contributed by atoms with Gasteiger partial charge in [0.1, 0.15) is 17.8 Å². The van der Waals surface area contributed by atoms with Gasteiger partial charge in [-0.1, -0.05) is 0 Å². The molecule has 0 aliphatic carbocycles. The molecule has 0 saturated carbocycles. The maximum absolute atomic E-state index is 13.3. The summed E-state index contributed by atoms with van der Waals surface area (Å²) in [6.07, 6.45) is 2.95. The molecule has 0 spiro atoms. The van der Waals surface area contributed by atoms with Crippen LogP contribution in [0.2, 0.25) is 0 Å². The van der Waals surface area contributed by atoms with Crippen molar-refractivity contribution in [3.63, 3.8) is 0 Å². The van der Waals surface area contributed by atoms with E-state index in [0.29, 0.717) is 5.69 Å². The SMILES string of the molecule is O=[N+]([O-])c1cc(F)c(Br)cc1NCc1ccncn1.